The maximum Gasteiger partial charge on any atom is 0.219 e. The highest BCUT2D eigenvalue weighted by Gasteiger charge is 2.25. The van der Waals surface area contributed by atoms with E-state index in [0.717, 1.165) is 46.7 Å². The highest BCUT2D eigenvalue weighted by molar-refractivity contribution is 5.91. The summed E-state index contributed by atoms with van der Waals surface area (Å²) in [5.41, 5.74) is 9.96. The number of hydrogen-bond acceptors (Lipinski definition) is 6. The number of H-pyrrole nitrogens is 1. The Bertz CT molecular complexity index is 1160. The molecule has 5 rings (SSSR count). The Kier molecular flexibility index (Phi) is 4.60. The third-order valence-corrected chi connectivity index (χ3v) is 5.95. The van der Waals surface area contributed by atoms with Gasteiger partial charge in [-0.15, -0.1) is 0 Å². The lowest BCUT2D eigenvalue weighted by Gasteiger charge is -2.20. The summed E-state index contributed by atoms with van der Waals surface area (Å²) in [5.74, 6) is 0.772. The van der Waals surface area contributed by atoms with Gasteiger partial charge < -0.3 is 15.1 Å². The lowest BCUT2D eigenvalue weighted by Crippen LogP contribution is -2.43. The second kappa shape index (κ2) is 7.30. The van der Waals surface area contributed by atoms with Crippen LogP contribution in [0.4, 0.5) is 0 Å². The molecule has 156 valence electrons. The molecule has 3 N–H and O–H groups in total. The number of benzene rings is 1. The molecule has 2 aliphatic rings. The Balaban J connectivity index is 1.64. The van der Waals surface area contributed by atoms with E-state index in [4.69, 9.17) is 4.74 Å². The molecule has 0 spiro atoms. The number of hydrazine groups is 1. The van der Waals surface area contributed by atoms with Gasteiger partial charge in [0.2, 0.25) is 5.88 Å². The average molecular weight is 406 g/mol. The number of rotatable bonds is 0. The first kappa shape index (κ1) is 18.9. The van der Waals surface area contributed by atoms with Crippen LogP contribution >= 0.6 is 0 Å². The number of fused-ring (bicyclic) bond motifs is 4. The third kappa shape index (κ3) is 3.18. The SMILES string of the molecule is CC1=C2/C=C/c3n[nH]c4ccc(cc34)-c3cnn(C)c3O[C@@H](C)CNCC2NN1C. The van der Waals surface area contributed by atoms with Crippen LogP contribution in [0.2, 0.25) is 0 Å². The van der Waals surface area contributed by atoms with Crippen molar-refractivity contribution in [2.24, 2.45) is 7.05 Å². The van der Waals surface area contributed by atoms with Gasteiger partial charge >= 0.3 is 0 Å². The molecule has 2 bridgehead atoms. The molecule has 3 aromatic rings. The van der Waals surface area contributed by atoms with Crippen molar-refractivity contribution in [2.75, 3.05) is 20.1 Å². The topological polar surface area (TPSA) is 83.0 Å². The van der Waals surface area contributed by atoms with Crippen LogP contribution < -0.4 is 15.5 Å². The molecule has 4 heterocycles. The van der Waals surface area contributed by atoms with Crippen molar-refractivity contribution >= 4 is 17.0 Å². The first-order valence-corrected chi connectivity index (χ1v) is 10.3. The number of ether oxygens (including phenoxy) is 1. The minimum atomic E-state index is 0.000645. The summed E-state index contributed by atoms with van der Waals surface area (Å²) in [5, 5.41) is 18.8. The highest BCUT2D eigenvalue weighted by Crippen LogP contribution is 2.33. The van der Waals surface area contributed by atoms with E-state index in [9.17, 15) is 0 Å². The number of nitrogens with zero attached hydrogens (tertiary/aromatic N) is 4. The summed E-state index contributed by atoms with van der Waals surface area (Å²) in [6.07, 6.45) is 6.14. The minimum absolute atomic E-state index is 0.000645. The molecule has 0 radical (unpaired) electrons. The fourth-order valence-corrected chi connectivity index (χ4v) is 4.16. The molecule has 8 nitrogen and oxygen atoms in total. The van der Waals surface area contributed by atoms with Crippen molar-refractivity contribution in [2.45, 2.75) is 26.0 Å². The van der Waals surface area contributed by atoms with Crippen molar-refractivity contribution in [3.05, 3.63) is 47.4 Å². The van der Waals surface area contributed by atoms with Gasteiger partial charge in [0.05, 0.1) is 29.0 Å². The van der Waals surface area contributed by atoms with Crippen molar-refractivity contribution in [1.82, 2.24) is 35.7 Å². The zero-order chi connectivity index (χ0) is 20.8. The van der Waals surface area contributed by atoms with Crippen LogP contribution in [-0.4, -0.2) is 57.3 Å². The molecule has 0 amide bonds. The van der Waals surface area contributed by atoms with Gasteiger partial charge in [-0.05, 0) is 43.2 Å². The molecule has 30 heavy (non-hydrogen) atoms. The number of hydrogen-bond donors (Lipinski definition) is 3. The molecular formula is C22H27N7O. The maximum absolute atomic E-state index is 6.30. The summed E-state index contributed by atoms with van der Waals surface area (Å²) >= 11 is 0. The number of aryl methyl sites for hydroxylation is 1. The number of aromatic nitrogens is 4. The van der Waals surface area contributed by atoms with Crippen molar-refractivity contribution in [3.63, 3.8) is 0 Å². The van der Waals surface area contributed by atoms with E-state index in [2.05, 4.69) is 75.2 Å². The van der Waals surface area contributed by atoms with Crippen LogP contribution in [0.3, 0.4) is 0 Å². The summed E-state index contributed by atoms with van der Waals surface area (Å²) < 4.78 is 8.09. The van der Waals surface area contributed by atoms with Gasteiger partial charge in [-0.2, -0.15) is 10.2 Å². The molecule has 8 heteroatoms. The third-order valence-electron chi connectivity index (χ3n) is 5.95. The van der Waals surface area contributed by atoms with E-state index < -0.39 is 0 Å². The van der Waals surface area contributed by atoms with Crippen LogP contribution in [0, 0.1) is 0 Å². The monoisotopic (exact) mass is 405 g/mol. The molecule has 2 atom stereocenters. The Labute approximate surface area is 175 Å². The number of allylic oxidation sites excluding steroid dienone is 1. The van der Waals surface area contributed by atoms with Crippen molar-refractivity contribution in [1.29, 1.82) is 0 Å². The normalized spacial score (nSPS) is 23.1. The molecule has 0 aliphatic carbocycles. The van der Waals surface area contributed by atoms with E-state index in [1.165, 1.54) is 11.3 Å². The van der Waals surface area contributed by atoms with Crippen LogP contribution in [-0.2, 0) is 7.05 Å². The quantitative estimate of drug-likeness (QED) is 0.533. The van der Waals surface area contributed by atoms with E-state index in [0.29, 0.717) is 0 Å². The number of aromatic amines is 1. The predicted octanol–water partition coefficient (Wildman–Crippen LogP) is 2.44. The molecule has 2 aromatic heterocycles. The summed E-state index contributed by atoms with van der Waals surface area (Å²) in [6, 6.07) is 6.49. The minimum Gasteiger partial charge on any atom is -0.473 e. The van der Waals surface area contributed by atoms with Crippen LogP contribution in [0.5, 0.6) is 5.88 Å². The first-order valence-electron chi connectivity index (χ1n) is 10.3. The molecule has 1 unspecified atom stereocenters. The average Bonchev–Trinajstić information content (AvgIpc) is 3.37. The van der Waals surface area contributed by atoms with Crippen LogP contribution in [0.15, 0.2) is 41.7 Å². The second-order valence-corrected chi connectivity index (χ2v) is 8.06. The first-order chi connectivity index (χ1) is 14.5. The highest BCUT2D eigenvalue weighted by atomic mass is 16.5. The van der Waals surface area contributed by atoms with Gasteiger partial charge in [-0.3, -0.25) is 5.10 Å². The fourth-order valence-electron chi connectivity index (χ4n) is 4.16. The van der Waals surface area contributed by atoms with E-state index in [-0.39, 0.29) is 12.1 Å². The Morgan fingerprint density at radius 2 is 2.03 bits per heavy atom. The van der Waals surface area contributed by atoms with Crippen LogP contribution in [0.25, 0.3) is 28.1 Å². The second-order valence-electron chi connectivity index (χ2n) is 8.06. The van der Waals surface area contributed by atoms with E-state index in [1.54, 1.807) is 4.68 Å². The predicted molar refractivity (Wildman–Crippen MR) is 118 cm³/mol. The molecule has 0 fully saturated rings. The standard InChI is InChI=1S/C22H27N7O/c1-13-10-23-12-21-16(14(2)28(3)27-21)6-8-20-17-9-15(5-7-19(17)25-26-20)18-11-24-29(4)22(18)30-13/h5-9,11,13,21,23,27H,10,12H2,1-4H3,(H,25,26)/b8-6+/t13-,21?/m0/s1. The molecule has 0 saturated heterocycles. The maximum atomic E-state index is 6.30. The molecule has 2 aliphatic heterocycles. The lowest BCUT2D eigenvalue weighted by molar-refractivity contribution is 0.198. The largest absolute Gasteiger partial charge is 0.473 e. The van der Waals surface area contributed by atoms with Gasteiger partial charge in [0.1, 0.15) is 6.10 Å². The zero-order valence-corrected chi connectivity index (χ0v) is 17.7. The lowest BCUT2D eigenvalue weighted by atomic mass is 10.0. The summed E-state index contributed by atoms with van der Waals surface area (Å²) in [4.78, 5) is 0. The summed E-state index contributed by atoms with van der Waals surface area (Å²) in [7, 11) is 3.96. The van der Waals surface area contributed by atoms with Gasteiger partial charge in [-0.25, -0.2) is 10.1 Å². The van der Waals surface area contributed by atoms with E-state index in [1.807, 2.05) is 20.3 Å². The molecule has 1 aromatic carbocycles. The van der Waals surface area contributed by atoms with Gasteiger partial charge in [0.15, 0.2) is 0 Å². The van der Waals surface area contributed by atoms with Crippen molar-refractivity contribution in [3.8, 4) is 17.0 Å². The number of nitrogens with one attached hydrogen (secondary N) is 3. The summed E-state index contributed by atoms with van der Waals surface area (Å²) in [6.45, 7) is 5.76. The van der Waals surface area contributed by atoms with Gasteiger partial charge in [-0.1, -0.05) is 12.1 Å². The molecule has 0 saturated carbocycles. The Morgan fingerprint density at radius 1 is 1.17 bits per heavy atom. The van der Waals surface area contributed by atoms with Gasteiger partial charge in [0.25, 0.3) is 0 Å². The smallest absolute Gasteiger partial charge is 0.219 e. The zero-order valence-electron chi connectivity index (χ0n) is 17.7. The van der Waals surface area contributed by atoms with E-state index >= 15 is 0 Å². The fraction of sp³-hybridized carbons (Fsp3) is 0.364. The Morgan fingerprint density at radius 3 is 2.90 bits per heavy atom. The van der Waals surface area contributed by atoms with Crippen LogP contribution in [0.1, 0.15) is 19.5 Å². The molecular weight excluding hydrogens is 378 g/mol. The van der Waals surface area contributed by atoms with Gasteiger partial charge in [0, 0.05) is 38.3 Å². The van der Waals surface area contributed by atoms with Crippen molar-refractivity contribution < 1.29 is 4.74 Å². The Hall–Kier alpha value is -3.10.